The normalized spacial score (nSPS) is 12.6. The van der Waals surface area contributed by atoms with E-state index in [2.05, 4.69) is 10.0 Å². The molecule has 2 aromatic rings. The third-order valence-electron chi connectivity index (χ3n) is 3.58. The van der Waals surface area contributed by atoms with Crippen LogP contribution in [0.1, 0.15) is 19.4 Å². The molecule has 2 rings (SSSR count). The molecule has 0 saturated carbocycles. The van der Waals surface area contributed by atoms with Gasteiger partial charge in [0.1, 0.15) is 10.3 Å². The van der Waals surface area contributed by atoms with Gasteiger partial charge in [-0.05, 0) is 35.1 Å². The highest BCUT2D eigenvalue weighted by molar-refractivity contribution is 7.94. The summed E-state index contributed by atoms with van der Waals surface area (Å²) in [4.78, 5) is 23.1. The molecule has 26 heavy (non-hydrogen) atoms. The van der Waals surface area contributed by atoms with Gasteiger partial charge in [0.15, 0.2) is 0 Å². The number of carboxylic acids is 1. The quantitative estimate of drug-likeness (QED) is 0.634. The third kappa shape index (κ3) is 5.30. The molecule has 7 nitrogen and oxygen atoms in total. The zero-order chi connectivity index (χ0) is 19.3. The zero-order valence-corrected chi connectivity index (χ0v) is 15.9. The second-order valence-corrected chi connectivity index (χ2v) is 8.90. The molecule has 0 aliphatic heterocycles. The Morgan fingerprint density at radius 1 is 1.15 bits per heavy atom. The van der Waals surface area contributed by atoms with Gasteiger partial charge in [0, 0.05) is 5.69 Å². The SMILES string of the molecule is CC(C)C(NC(=O)Cc1ccc(NS(=O)(=O)c2cccs2)cc1)C(=O)O. The van der Waals surface area contributed by atoms with Crippen LogP contribution < -0.4 is 10.0 Å². The fourth-order valence-corrected chi connectivity index (χ4v) is 4.29. The minimum atomic E-state index is -3.62. The maximum atomic E-state index is 12.2. The molecule has 0 aliphatic rings. The number of anilines is 1. The first-order valence-electron chi connectivity index (χ1n) is 7.86. The Bertz CT molecular complexity index is 859. The van der Waals surface area contributed by atoms with E-state index in [0.29, 0.717) is 11.3 Å². The lowest BCUT2D eigenvalue weighted by molar-refractivity contribution is -0.143. The van der Waals surface area contributed by atoms with Crippen molar-refractivity contribution in [3.05, 3.63) is 47.3 Å². The lowest BCUT2D eigenvalue weighted by atomic mass is 10.0. The molecule has 1 amide bonds. The molecule has 0 fully saturated rings. The van der Waals surface area contributed by atoms with Gasteiger partial charge in [-0.2, -0.15) is 0 Å². The van der Waals surface area contributed by atoms with Gasteiger partial charge in [-0.25, -0.2) is 13.2 Å². The number of rotatable bonds is 8. The Labute approximate surface area is 156 Å². The molecule has 0 bridgehead atoms. The maximum Gasteiger partial charge on any atom is 0.326 e. The van der Waals surface area contributed by atoms with Gasteiger partial charge < -0.3 is 10.4 Å². The molecule has 1 unspecified atom stereocenters. The molecule has 9 heteroatoms. The molecule has 1 aromatic carbocycles. The van der Waals surface area contributed by atoms with Crippen molar-refractivity contribution in [1.82, 2.24) is 5.32 Å². The Balaban J connectivity index is 1.99. The first-order chi connectivity index (χ1) is 12.2. The minimum Gasteiger partial charge on any atom is -0.480 e. The van der Waals surface area contributed by atoms with E-state index in [9.17, 15) is 18.0 Å². The number of hydrogen-bond donors (Lipinski definition) is 3. The van der Waals surface area contributed by atoms with E-state index >= 15 is 0 Å². The van der Waals surface area contributed by atoms with Crippen LogP contribution in [0.15, 0.2) is 46.0 Å². The molecule has 0 radical (unpaired) electrons. The van der Waals surface area contributed by atoms with Crippen molar-refractivity contribution >= 4 is 38.9 Å². The number of aliphatic carboxylic acids is 1. The Kier molecular flexibility index (Phi) is 6.38. The van der Waals surface area contributed by atoms with E-state index in [0.717, 1.165) is 11.3 Å². The fourth-order valence-electron chi connectivity index (χ4n) is 2.24. The van der Waals surface area contributed by atoms with Gasteiger partial charge in [0.2, 0.25) is 5.91 Å². The average Bonchev–Trinajstić information content (AvgIpc) is 3.09. The van der Waals surface area contributed by atoms with Crippen molar-refractivity contribution in [2.45, 2.75) is 30.5 Å². The van der Waals surface area contributed by atoms with Crippen molar-refractivity contribution < 1.29 is 23.1 Å². The summed E-state index contributed by atoms with van der Waals surface area (Å²) in [6, 6.07) is 8.59. The van der Waals surface area contributed by atoms with Crippen LogP contribution in [-0.2, 0) is 26.0 Å². The van der Waals surface area contributed by atoms with Gasteiger partial charge in [0.05, 0.1) is 6.42 Å². The summed E-state index contributed by atoms with van der Waals surface area (Å²) in [7, 11) is -3.62. The minimum absolute atomic E-state index is 0.00839. The van der Waals surface area contributed by atoms with Gasteiger partial charge in [-0.1, -0.05) is 32.0 Å². The number of carbonyl (C=O) groups excluding carboxylic acids is 1. The number of carboxylic acid groups (broad SMARTS) is 1. The standard InChI is InChI=1S/C17H20N2O5S2/c1-11(2)16(17(21)22)18-14(20)10-12-5-7-13(8-6-12)19-26(23,24)15-4-3-9-25-15/h3-9,11,16,19H,10H2,1-2H3,(H,18,20)(H,21,22). The number of amides is 1. The van der Waals surface area contributed by atoms with E-state index in [1.807, 2.05) is 0 Å². The summed E-state index contributed by atoms with van der Waals surface area (Å²) >= 11 is 1.12. The fraction of sp³-hybridized carbons (Fsp3) is 0.294. The van der Waals surface area contributed by atoms with Crippen LogP contribution in [0.25, 0.3) is 0 Å². The summed E-state index contributed by atoms with van der Waals surface area (Å²) in [5, 5.41) is 13.3. The number of sulfonamides is 1. The first-order valence-corrected chi connectivity index (χ1v) is 10.2. The van der Waals surface area contributed by atoms with Gasteiger partial charge in [-0.15, -0.1) is 11.3 Å². The van der Waals surface area contributed by atoms with Crippen LogP contribution in [0.2, 0.25) is 0 Å². The lowest BCUT2D eigenvalue weighted by Crippen LogP contribution is -2.44. The highest BCUT2D eigenvalue weighted by Crippen LogP contribution is 2.20. The molecular weight excluding hydrogens is 376 g/mol. The summed E-state index contributed by atoms with van der Waals surface area (Å²) < 4.78 is 27.0. The number of benzene rings is 1. The monoisotopic (exact) mass is 396 g/mol. The molecule has 1 aromatic heterocycles. The van der Waals surface area contributed by atoms with Crippen LogP contribution in [0.4, 0.5) is 5.69 Å². The van der Waals surface area contributed by atoms with Crippen molar-refractivity contribution in [3.63, 3.8) is 0 Å². The number of hydrogen-bond acceptors (Lipinski definition) is 5. The van der Waals surface area contributed by atoms with Crippen LogP contribution >= 0.6 is 11.3 Å². The third-order valence-corrected chi connectivity index (χ3v) is 6.36. The van der Waals surface area contributed by atoms with E-state index in [1.165, 1.54) is 6.07 Å². The molecule has 3 N–H and O–H groups in total. The van der Waals surface area contributed by atoms with Gasteiger partial charge in [0.25, 0.3) is 10.0 Å². The van der Waals surface area contributed by atoms with Gasteiger partial charge in [-0.3, -0.25) is 9.52 Å². The average molecular weight is 396 g/mol. The predicted molar refractivity (Wildman–Crippen MR) is 99.7 cm³/mol. The maximum absolute atomic E-state index is 12.2. The zero-order valence-electron chi connectivity index (χ0n) is 14.3. The molecule has 0 saturated heterocycles. The van der Waals surface area contributed by atoms with Crippen LogP contribution in [-0.4, -0.2) is 31.4 Å². The Morgan fingerprint density at radius 3 is 2.31 bits per heavy atom. The largest absolute Gasteiger partial charge is 0.480 e. The predicted octanol–water partition coefficient (Wildman–Crippen LogP) is 2.32. The van der Waals surface area contributed by atoms with Crippen molar-refractivity contribution in [2.24, 2.45) is 5.92 Å². The number of nitrogens with one attached hydrogen (secondary N) is 2. The highest BCUT2D eigenvalue weighted by Gasteiger charge is 2.23. The number of carbonyl (C=O) groups is 2. The second kappa shape index (κ2) is 8.33. The molecule has 0 spiro atoms. The van der Waals surface area contributed by atoms with E-state index in [4.69, 9.17) is 5.11 Å². The molecule has 1 heterocycles. The van der Waals surface area contributed by atoms with Crippen molar-refractivity contribution in [1.29, 1.82) is 0 Å². The van der Waals surface area contributed by atoms with Crippen molar-refractivity contribution in [2.75, 3.05) is 4.72 Å². The van der Waals surface area contributed by atoms with Crippen LogP contribution in [0, 0.1) is 5.92 Å². The molecule has 1 atom stereocenters. The van der Waals surface area contributed by atoms with Crippen LogP contribution in [0.5, 0.6) is 0 Å². The van der Waals surface area contributed by atoms with Crippen molar-refractivity contribution in [3.8, 4) is 0 Å². The van der Waals surface area contributed by atoms with E-state index in [-0.39, 0.29) is 16.5 Å². The van der Waals surface area contributed by atoms with E-state index in [1.54, 1.807) is 49.6 Å². The molecule has 0 aliphatic carbocycles. The Morgan fingerprint density at radius 2 is 1.81 bits per heavy atom. The number of thiophene rings is 1. The second-order valence-electron chi connectivity index (χ2n) is 6.04. The summed E-state index contributed by atoms with van der Waals surface area (Å²) in [5.41, 5.74) is 1.03. The smallest absolute Gasteiger partial charge is 0.326 e. The van der Waals surface area contributed by atoms with Crippen LogP contribution in [0.3, 0.4) is 0 Å². The molecule has 140 valence electrons. The lowest BCUT2D eigenvalue weighted by Gasteiger charge is -2.17. The Hall–Kier alpha value is -2.39. The topological polar surface area (TPSA) is 113 Å². The summed E-state index contributed by atoms with van der Waals surface area (Å²) in [6.45, 7) is 3.43. The first kappa shape index (κ1) is 19.9. The molecular formula is C17H20N2O5S2. The van der Waals surface area contributed by atoms with E-state index < -0.39 is 27.9 Å². The highest BCUT2D eigenvalue weighted by atomic mass is 32.2. The van der Waals surface area contributed by atoms with Gasteiger partial charge >= 0.3 is 5.97 Å². The summed E-state index contributed by atoms with van der Waals surface area (Å²) in [6.07, 6.45) is 0.00839. The summed E-state index contributed by atoms with van der Waals surface area (Å²) in [5.74, 6) is -1.71.